The van der Waals surface area contributed by atoms with E-state index in [1.807, 2.05) is 0 Å². The average Bonchev–Trinajstić information content (AvgIpc) is 2.90. The van der Waals surface area contributed by atoms with E-state index in [1.54, 1.807) is 30.3 Å². The van der Waals surface area contributed by atoms with E-state index in [9.17, 15) is 23.1 Å². The van der Waals surface area contributed by atoms with Crippen molar-refractivity contribution >= 4 is 27.3 Å². The minimum absolute atomic E-state index is 0.0612. The summed E-state index contributed by atoms with van der Waals surface area (Å²) in [6, 6.07) is 12.5. The standard InChI is InChI=1S/C25H29NO9S/c1-33-19-7-5-18(6-8-19)22(23(27)28)4-2-3-15-35-20-9-11-21(12-10-20)36(31,32)25(24(29)26-30)13-16-34-17-14-25/h4-12,30H,2-3,13-17H2,1H3,(H,26,29)(H,27,28)/b22-4-. The number of hydrogen-bond donors (Lipinski definition) is 3. The number of sulfone groups is 1. The third-order valence-corrected chi connectivity index (χ3v) is 8.58. The van der Waals surface area contributed by atoms with E-state index in [-0.39, 0.29) is 43.1 Å². The number of hydroxylamine groups is 1. The molecule has 0 saturated carbocycles. The first kappa shape index (κ1) is 27.2. The van der Waals surface area contributed by atoms with Gasteiger partial charge in [0.2, 0.25) is 0 Å². The quantitative estimate of drug-likeness (QED) is 0.176. The Bertz CT molecular complexity index is 1180. The third-order valence-electron chi connectivity index (χ3n) is 6.06. The number of nitrogens with one attached hydrogen (secondary N) is 1. The van der Waals surface area contributed by atoms with Crippen LogP contribution in [0.3, 0.4) is 0 Å². The number of rotatable bonds is 11. The van der Waals surface area contributed by atoms with Gasteiger partial charge in [-0.3, -0.25) is 10.0 Å². The number of aliphatic carboxylic acids is 1. The van der Waals surface area contributed by atoms with Gasteiger partial charge in [-0.25, -0.2) is 18.7 Å². The summed E-state index contributed by atoms with van der Waals surface area (Å²) in [6.45, 7) is 0.459. The molecule has 0 spiro atoms. The highest BCUT2D eigenvalue weighted by Crippen LogP contribution is 2.35. The summed E-state index contributed by atoms with van der Waals surface area (Å²) in [5.74, 6) is -0.945. The first-order valence-corrected chi connectivity index (χ1v) is 12.8. The molecule has 0 bridgehead atoms. The second-order valence-electron chi connectivity index (χ2n) is 8.16. The van der Waals surface area contributed by atoms with Crippen LogP contribution in [0.25, 0.3) is 5.57 Å². The fraction of sp³-hybridized carbons (Fsp3) is 0.360. The molecule has 2 aromatic rings. The summed E-state index contributed by atoms with van der Waals surface area (Å²) < 4.78 is 40.7. The van der Waals surface area contributed by atoms with Crippen LogP contribution in [-0.2, 0) is 24.2 Å². The zero-order chi connectivity index (χ0) is 26.2. The predicted molar refractivity (Wildman–Crippen MR) is 130 cm³/mol. The smallest absolute Gasteiger partial charge is 0.335 e. The van der Waals surface area contributed by atoms with E-state index in [4.69, 9.17) is 19.4 Å². The average molecular weight is 520 g/mol. The van der Waals surface area contributed by atoms with Gasteiger partial charge < -0.3 is 19.3 Å². The van der Waals surface area contributed by atoms with Crippen molar-refractivity contribution in [3.63, 3.8) is 0 Å². The molecule has 1 saturated heterocycles. The van der Waals surface area contributed by atoms with Crippen molar-refractivity contribution < 1.29 is 42.5 Å². The van der Waals surface area contributed by atoms with Crippen LogP contribution in [0, 0.1) is 0 Å². The van der Waals surface area contributed by atoms with Gasteiger partial charge in [0, 0.05) is 13.2 Å². The summed E-state index contributed by atoms with van der Waals surface area (Å²) in [5.41, 5.74) is 2.24. The van der Waals surface area contributed by atoms with E-state index in [0.717, 1.165) is 0 Å². The van der Waals surface area contributed by atoms with Crippen LogP contribution in [-0.4, -0.2) is 62.3 Å². The van der Waals surface area contributed by atoms with E-state index in [2.05, 4.69) is 0 Å². The van der Waals surface area contributed by atoms with Gasteiger partial charge in [0.05, 0.1) is 24.2 Å². The molecule has 194 valence electrons. The number of carbonyl (C=O) groups excluding carboxylic acids is 1. The number of carboxylic acid groups (broad SMARTS) is 1. The minimum Gasteiger partial charge on any atom is -0.497 e. The maximum absolute atomic E-state index is 13.3. The lowest BCUT2D eigenvalue weighted by atomic mass is 9.98. The molecule has 0 atom stereocenters. The summed E-state index contributed by atoms with van der Waals surface area (Å²) in [7, 11) is -2.57. The summed E-state index contributed by atoms with van der Waals surface area (Å²) in [5, 5.41) is 18.6. The zero-order valence-electron chi connectivity index (χ0n) is 19.8. The normalized spacial score (nSPS) is 15.7. The number of methoxy groups -OCH3 is 1. The molecule has 1 heterocycles. The Morgan fingerprint density at radius 1 is 1.06 bits per heavy atom. The third kappa shape index (κ3) is 5.86. The number of carbonyl (C=O) groups is 2. The fourth-order valence-corrected chi connectivity index (χ4v) is 5.92. The van der Waals surface area contributed by atoms with Gasteiger partial charge in [-0.15, -0.1) is 0 Å². The van der Waals surface area contributed by atoms with E-state index in [1.165, 1.54) is 36.9 Å². The van der Waals surface area contributed by atoms with Crippen molar-refractivity contribution in [3.05, 3.63) is 60.2 Å². The first-order valence-electron chi connectivity index (χ1n) is 11.3. The Balaban J connectivity index is 1.60. The number of benzene rings is 2. The minimum atomic E-state index is -4.11. The van der Waals surface area contributed by atoms with Gasteiger partial charge in [0.15, 0.2) is 14.6 Å². The van der Waals surface area contributed by atoms with Crippen molar-refractivity contribution in [1.82, 2.24) is 5.48 Å². The Hall–Kier alpha value is -3.41. The van der Waals surface area contributed by atoms with Crippen LogP contribution in [0.4, 0.5) is 0 Å². The molecule has 1 amide bonds. The number of unbranched alkanes of at least 4 members (excludes halogenated alkanes) is 1. The number of allylic oxidation sites excluding steroid dienone is 1. The summed E-state index contributed by atoms with van der Waals surface area (Å²) >= 11 is 0. The molecule has 36 heavy (non-hydrogen) atoms. The number of ether oxygens (including phenoxy) is 3. The van der Waals surface area contributed by atoms with Gasteiger partial charge in [-0.2, -0.15) is 0 Å². The maximum atomic E-state index is 13.3. The molecule has 1 aliphatic rings. The molecule has 0 aliphatic carbocycles. The second kappa shape index (κ2) is 12.0. The topological polar surface area (TPSA) is 148 Å². The molecule has 2 aromatic carbocycles. The molecule has 11 heteroatoms. The highest BCUT2D eigenvalue weighted by Gasteiger charge is 2.52. The van der Waals surface area contributed by atoms with Gasteiger partial charge in [0.1, 0.15) is 11.5 Å². The number of carboxylic acids is 1. The van der Waals surface area contributed by atoms with Gasteiger partial charge in [-0.05, 0) is 67.6 Å². The SMILES string of the molecule is COc1ccc(/C(=C/CCCOc2ccc(S(=O)(=O)C3(C(=O)NO)CCOCC3)cc2)C(=O)O)cc1. The largest absolute Gasteiger partial charge is 0.497 e. The summed E-state index contributed by atoms with van der Waals surface area (Å²) in [6.07, 6.45) is 2.49. The fourth-order valence-electron chi connectivity index (χ4n) is 3.98. The number of hydrogen-bond acceptors (Lipinski definition) is 8. The molecular formula is C25H29NO9S. The molecule has 0 radical (unpaired) electrons. The molecule has 3 N–H and O–H groups in total. The van der Waals surface area contributed by atoms with Crippen molar-refractivity contribution in [2.24, 2.45) is 0 Å². The zero-order valence-corrected chi connectivity index (χ0v) is 20.6. The molecule has 10 nitrogen and oxygen atoms in total. The monoisotopic (exact) mass is 519 g/mol. The van der Waals surface area contributed by atoms with Crippen LogP contribution < -0.4 is 15.0 Å². The van der Waals surface area contributed by atoms with E-state index in [0.29, 0.717) is 29.9 Å². The first-order chi connectivity index (χ1) is 17.2. The van der Waals surface area contributed by atoms with Crippen molar-refractivity contribution in [2.75, 3.05) is 26.9 Å². The second-order valence-corrected chi connectivity index (χ2v) is 10.4. The lowest BCUT2D eigenvalue weighted by Gasteiger charge is -2.34. The van der Waals surface area contributed by atoms with E-state index < -0.39 is 26.5 Å². The predicted octanol–water partition coefficient (Wildman–Crippen LogP) is 2.85. The lowest BCUT2D eigenvalue weighted by Crippen LogP contribution is -2.54. The van der Waals surface area contributed by atoms with Crippen molar-refractivity contribution in [1.29, 1.82) is 0 Å². The number of amides is 1. The van der Waals surface area contributed by atoms with Crippen LogP contribution in [0.1, 0.15) is 31.2 Å². The molecular weight excluding hydrogens is 490 g/mol. The van der Waals surface area contributed by atoms with Crippen molar-refractivity contribution in [2.45, 2.75) is 35.3 Å². The van der Waals surface area contributed by atoms with Crippen LogP contribution in [0.2, 0.25) is 0 Å². The van der Waals surface area contributed by atoms with Crippen LogP contribution in [0.5, 0.6) is 11.5 Å². The molecule has 1 aliphatic heterocycles. The van der Waals surface area contributed by atoms with Crippen molar-refractivity contribution in [3.8, 4) is 11.5 Å². The Morgan fingerprint density at radius 3 is 2.22 bits per heavy atom. The Morgan fingerprint density at radius 2 is 1.67 bits per heavy atom. The lowest BCUT2D eigenvalue weighted by molar-refractivity contribution is -0.134. The van der Waals surface area contributed by atoms with Crippen LogP contribution >= 0.6 is 0 Å². The molecule has 3 rings (SSSR count). The molecule has 0 unspecified atom stereocenters. The summed E-state index contributed by atoms with van der Waals surface area (Å²) in [4.78, 5) is 23.9. The highest BCUT2D eigenvalue weighted by atomic mass is 32.2. The Labute approximate surface area is 209 Å². The Kier molecular flexibility index (Phi) is 9.08. The van der Waals surface area contributed by atoms with Gasteiger partial charge in [0.25, 0.3) is 5.91 Å². The maximum Gasteiger partial charge on any atom is 0.335 e. The highest BCUT2D eigenvalue weighted by molar-refractivity contribution is 7.93. The van der Waals surface area contributed by atoms with Gasteiger partial charge >= 0.3 is 5.97 Å². The molecule has 1 fully saturated rings. The van der Waals surface area contributed by atoms with Crippen LogP contribution in [0.15, 0.2) is 59.5 Å². The van der Waals surface area contributed by atoms with E-state index >= 15 is 0 Å². The van der Waals surface area contributed by atoms with Gasteiger partial charge in [-0.1, -0.05) is 18.2 Å². The molecule has 0 aromatic heterocycles.